The first-order valence-corrected chi connectivity index (χ1v) is 7.75. The van der Waals surface area contributed by atoms with Crippen molar-refractivity contribution in [1.29, 1.82) is 5.26 Å². The number of nitrogens with one attached hydrogen (secondary N) is 1. The lowest BCUT2D eigenvalue weighted by molar-refractivity contribution is 0.0989. The molecule has 1 aromatic carbocycles. The van der Waals surface area contributed by atoms with Crippen LogP contribution in [0.5, 0.6) is 0 Å². The molecule has 1 N–H and O–H groups in total. The summed E-state index contributed by atoms with van der Waals surface area (Å²) >= 11 is 0. The highest BCUT2D eigenvalue weighted by molar-refractivity contribution is 6.71. The number of Topliss-reactive ketones (excluding diaryl/α,β-unsaturated/α-hetero) is 1. The zero-order valence-corrected chi connectivity index (χ0v) is 14.2. The first kappa shape index (κ1) is 19.9. The van der Waals surface area contributed by atoms with Gasteiger partial charge in [0.05, 0.1) is 0 Å². The number of benzene rings is 1. The third-order valence-corrected chi connectivity index (χ3v) is 3.28. The molecule has 2 rings (SSSR count). The van der Waals surface area contributed by atoms with E-state index in [-0.39, 0.29) is 18.3 Å². The highest BCUT2D eigenvalue weighted by Crippen LogP contribution is 2.25. The SMILES string of the molecule is CB(C#N)C(C)C(=O)c1c[nH]c2ccc(F)cc12.CC.CC. The molecule has 118 valence electrons. The quantitative estimate of drug-likeness (QED) is 0.632. The maximum Gasteiger partial charge on any atom is 0.275 e. The number of carbonyl (C=O) groups excluding carboxylic acids is 1. The third kappa shape index (κ3) is 4.46. The van der Waals surface area contributed by atoms with Gasteiger partial charge >= 0.3 is 0 Å². The number of rotatable bonds is 3. The van der Waals surface area contributed by atoms with Crippen LogP contribution in [0.3, 0.4) is 0 Å². The van der Waals surface area contributed by atoms with E-state index in [0.29, 0.717) is 10.9 Å². The number of hydrogen-bond acceptors (Lipinski definition) is 2. The maximum atomic E-state index is 13.2. The number of H-pyrrole nitrogens is 1. The normalized spacial score (nSPS) is 10.5. The Morgan fingerprint density at radius 1 is 1.32 bits per heavy atom. The van der Waals surface area contributed by atoms with Crippen LogP contribution < -0.4 is 0 Å². The number of carbonyl (C=O) groups is 1. The summed E-state index contributed by atoms with van der Waals surface area (Å²) in [6, 6.07) is 4.27. The van der Waals surface area contributed by atoms with Crippen molar-refractivity contribution in [1.82, 2.24) is 4.98 Å². The predicted octanol–water partition coefficient (Wildman–Crippen LogP) is 5.12. The molecule has 0 aliphatic carbocycles. The fourth-order valence-corrected chi connectivity index (χ4v) is 1.88. The molecule has 0 saturated carbocycles. The van der Waals surface area contributed by atoms with Crippen molar-refractivity contribution in [2.45, 2.75) is 47.3 Å². The van der Waals surface area contributed by atoms with Gasteiger partial charge in [0.2, 0.25) is 0 Å². The van der Waals surface area contributed by atoms with Gasteiger partial charge in [0.15, 0.2) is 5.78 Å². The van der Waals surface area contributed by atoms with Gasteiger partial charge in [-0.05, 0) is 18.2 Å². The smallest absolute Gasteiger partial charge is 0.275 e. The van der Waals surface area contributed by atoms with E-state index in [9.17, 15) is 9.18 Å². The third-order valence-electron chi connectivity index (χ3n) is 3.28. The number of halogens is 1. The lowest BCUT2D eigenvalue weighted by Gasteiger charge is -2.08. The molecule has 1 atom stereocenters. The molecule has 22 heavy (non-hydrogen) atoms. The molecule has 0 spiro atoms. The predicted molar refractivity (Wildman–Crippen MR) is 91.9 cm³/mol. The number of aromatic amines is 1. The molecule has 3 nitrogen and oxygen atoms in total. The lowest BCUT2D eigenvalue weighted by Crippen LogP contribution is -2.20. The number of aromatic nitrogens is 1. The Labute approximate surface area is 132 Å². The van der Waals surface area contributed by atoms with Crippen LogP contribution >= 0.6 is 0 Å². The Morgan fingerprint density at radius 2 is 1.91 bits per heavy atom. The standard InChI is InChI=1S/C13H12BFN2O.2C2H6/c1-8(14(2)7-16)13(18)11-6-17-12-4-3-9(15)5-10(11)12;2*1-2/h3-6,8,17H,1-2H3;2*1-2H3. The van der Waals surface area contributed by atoms with Crippen molar-refractivity contribution in [2.24, 2.45) is 0 Å². The molecule has 0 fully saturated rings. The summed E-state index contributed by atoms with van der Waals surface area (Å²) in [4.78, 5) is 15.2. The molecule has 0 aliphatic rings. The minimum Gasteiger partial charge on any atom is -0.360 e. The maximum absolute atomic E-state index is 13.2. The summed E-state index contributed by atoms with van der Waals surface area (Å²) in [5.41, 5.74) is 1.16. The van der Waals surface area contributed by atoms with E-state index in [1.165, 1.54) is 12.1 Å². The zero-order chi connectivity index (χ0) is 17.3. The van der Waals surface area contributed by atoms with E-state index in [1.807, 2.05) is 27.7 Å². The molecular formula is C17H24BFN2O. The largest absolute Gasteiger partial charge is 0.360 e. The molecule has 0 saturated heterocycles. The molecule has 0 radical (unpaired) electrons. The molecule has 0 bridgehead atoms. The van der Waals surface area contributed by atoms with Crippen LogP contribution in [-0.4, -0.2) is 17.5 Å². The average Bonchev–Trinajstić information content (AvgIpc) is 2.99. The van der Waals surface area contributed by atoms with Gasteiger partial charge in [0.25, 0.3) is 6.71 Å². The molecule has 1 heterocycles. The Hall–Kier alpha value is -2.09. The van der Waals surface area contributed by atoms with Crippen molar-refractivity contribution in [2.75, 3.05) is 0 Å². The molecule has 1 unspecified atom stereocenters. The van der Waals surface area contributed by atoms with Crippen molar-refractivity contribution in [3.63, 3.8) is 0 Å². The van der Waals surface area contributed by atoms with Gasteiger partial charge in [-0.1, -0.05) is 41.4 Å². The van der Waals surface area contributed by atoms with E-state index in [1.54, 1.807) is 26.0 Å². The Bertz CT molecular complexity index is 646. The van der Waals surface area contributed by atoms with Gasteiger partial charge in [-0.15, -0.1) is 0 Å². The number of ketones is 1. The Kier molecular flexibility index (Phi) is 8.85. The monoisotopic (exact) mass is 302 g/mol. The minimum absolute atomic E-state index is 0.138. The second-order valence-electron chi connectivity index (χ2n) is 4.46. The highest BCUT2D eigenvalue weighted by Gasteiger charge is 2.26. The van der Waals surface area contributed by atoms with E-state index >= 15 is 0 Å². The number of hydrogen-bond donors (Lipinski definition) is 1. The van der Waals surface area contributed by atoms with Crippen molar-refractivity contribution in [3.8, 4) is 5.97 Å². The number of nitrogens with zero attached hydrogens (tertiary/aromatic N) is 1. The second-order valence-corrected chi connectivity index (χ2v) is 4.46. The first-order valence-electron chi connectivity index (χ1n) is 7.75. The van der Waals surface area contributed by atoms with E-state index < -0.39 is 5.82 Å². The van der Waals surface area contributed by atoms with Crippen molar-refractivity contribution < 1.29 is 9.18 Å². The van der Waals surface area contributed by atoms with Crippen LogP contribution in [-0.2, 0) is 0 Å². The van der Waals surface area contributed by atoms with Crippen LogP contribution in [0, 0.1) is 17.0 Å². The first-order chi connectivity index (χ1) is 10.5. The lowest BCUT2D eigenvalue weighted by atomic mass is 9.43. The van der Waals surface area contributed by atoms with Crippen molar-refractivity contribution in [3.05, 3.63) is 35.8 Å². The van der Waals surface area contributed by atoms with Crippen LogP contribution in [0.4, 0.5) is 4.39 Å². The Balaban J connectivity index is 0.00000102. The fourth-order valence-electron chi connectivity index (χ4n) is 1.88. The van der Waals surface area contributed by atoms with Gasteiger partial charge in [-0.3, -0.25) is 4.79 Å². The molecule has 2 aromatic rings. The topological polar surface area (TPSA) is 56.6 Å². The van der Waals surface area contributed by atoms with Crippen LogP contribution in [0.15, 0.2) is 24.4 Å². The molecule has 1 aromatic heterocycles. The highest BCUT2D eigenvalue weighted by atomic mass is 19.1. The van der Waals surface area contributed by atoms with E-state index in [2.05, 4.69) is 11.0 Å². The van der Waals surface area contributed by atoms with Crippen LogP contribution in [0.25, 0.3) is 10.9 Å². The van der Waals surface area contributed by atoms with Crippen molar-refractivity contribution >= 4 is 23.4 Å². The van der Waals surface area contributed by atoms with Gasteiger partial charge in [-0.25, -0.2) is 9.65 Å². The molecule has 5 heteroatoms. The molecule has 0 aliphatic heterocycles. The van der Waals surface area contributed by atoms with E-state index in [0.717, 1.165) is 5.52 Å². The summed E-state index contributed by atoms with van der Waals surface area (Å²) in [6.07, 6.45) is 1.58. The summed E-state index contributed by atoms with van der Waals surface area (Å²) in [6.45, 7) is 11.1. The van der Waals surface area contributed by atoms with Crippen LogP contribution in [0.1, 0.15) is 45.0 Å². The summed E-state index contributed by atoms with van der Waals surface area (Å²) in [7, 11) is 0. The second kappa shape index (κ2) is 9.78. The van der Waals surface area contributed by atoms with Gasteiger partial charge in [0.1, 0.15) is 5.82 Å². The van der Waals surface area contributed by atoms with Gasteiger partial charge < -0.3 is 4.98 Å². The molecular weight excluding hydrogens is 278 g/mol. The summed E-state index contributed by atoms with van der Waals surface area (Å²) < 4.78 is 13.2. The Morgan fingerprint density at radius 3 is 2.45 bits per heavy atom. The molecule has 0 amide bonds. The number of nitriles is 1. The average molecular weight is 302 g/mol. The summed E-state index contributed by atoms with van der Waals surface area (Å²) in [5.74, 6) is 1.14. The van der Waals surface area contributed by atoms with E-state index in [4.69, 9.17) is 5.26 Å². The fraction of sp³-hybridized carbons (Fsp3) is 0.412. The van der Waals surface area contributed by atoms with Gasteiger partial charge in [-0.2, -0.15) is 0 Å². The zero-order valence-electron chi connectivity index (χ0n) is 14.2. The summed E-state index contributed by atoms with van der Waals surface area (Å²) in [5, 5.41) is 9.41. The minimum atomic E-state index is -0.405. The van der Waals surface area contributed by atoms with Gasteiger partial charge in [0, 0.05) is 34.4 Å². The van der Waals surface area contributed by atoms with Crippen LogP contribution in [0.2, 0.25) is 12.6 Å². The number of fused-ring (bicyclic) bond motifs is 1.